The Kier molecular flexibility index (Phi) is 4.41. The van der Waals surface area contributed by atoms with Gasteiger partial charge >= 0.3 is 5.97 Å². The van der Waals surface area contributed by atoms with E-state index < -0.39 is 32.5 Å². The van der Waals surface area contributed by atoms with Crippen molar-refractivity contribution in [2.45, 2.75) is 4.90 Å². The molecule has 0 unspecified atom stereocenters. The number of esters is 1. The van der Waals surface area contributed by atoms with Crippen LogP contribution in [0.15, 0.2) is 47.4 Å². The van der Waals surface area contributed by atoms with Crippen LogP contribution in [0.25, 0.3) is 0 Å². The molecule has 0 aromatic heterocycles. The maximum Gasteiger partial charge on any atom is 0.337 e. The second-order valence-corrected chi connectivity index (χ2v) is 5.96. The quantitative estimate of drug-likeness (QED) is 0.876. The molecule has 2 rings (SSSR count). The molecule has 0 heterocycles. The highest BCUT2D eigenvalue weighted by atomic mass is 32.2. The molecule has 5 nitrogen and oxygen atoms in total. The van der Waals surface area contributed by atoms with E-state index in [1.165, 1.54) is 31.4 Å². The molecule has 0 radical (unpaired) electrons. The van der Waals surface area contributed by atoms with Gasteiger partial charge in [0.2, 0.25) is 0 Å². The van der Waals surface area contributed by atoms with Gasteiger partial charge < -0.3 is 4.74 Å². The summed E-state index contributed by atoms with van der Waals surface area (Å²) in [5.74, 6) is -2.57. The van der Waals surface area contributed by atoms with Crippen molar-refractivity contribution >= 4 is 21.7 Å². The van der Waals surface area contributed by atoms with Crippen LogP contribution < -0.4 is 4.72 Å². The molecular weight excluding hydrogens is 316 g/mol. The molecule has 0 bridgehead atoms. The molecule has 0 fully saturated rings. The van der Waals surface area contributed by atoms with Crippen LogP contribution in [0.2, 0.25) is 0 Å². The molecule has 0 saturated carbocycles. The standard InChI is InChI=1S/C14H11F2NO4S/c1-21-14(18)9-2-4-12(5-3-9)17-22(19,20)13-7-10(15)6-11(16)8-13/h2-8,17H,1H3. The van der Waals surface area contributed by atoms with E-state index in [1.807, 2.05) is 0 Å². The Balaban J connectivity index is 2.27. The summed E-state index contributed by atoms with van der Waals surface area (Å²) < 4.78 is 57.0. The Morgan fingerprint density at radius 1 is 1.05 bits per heavy atom. The molecule has 2 aromatic carbocycles. The smallest absolute Gasteiger partial charge is 0.337 e. The van der Waals surface area contributed by atoms with Crippen LogP contribution in [0.1, 0.15) is 10.4 Å². The van der Waals surface area contributed by atoms with Gasteiger partial charge in [0.1, 0.15) is 11.6 Å². The molecule has 22 heavy (non-hydrogen) atoms. The first kappa shape index (κ1) is 15.9. The van der Waals surface area contributed by atoms with Gasteiger partial charge in [-0.2, -0.15) is 0 Å². The highest BCUT2D eigenvalue weighted by Crippen LogP contribution is 2.19. The molecule has 0 aliphatic rings. The maximum absolute atomic E-state index is 13.1. The fourth-order valence-electron chi connectivity index (χ4n) is 1.69. The molecule has 1 N–H and O–H groups in total. The lowest BCUT2D eigenvalue weighted by molar-refractivity contribution is 0.0601. The van der Waals surface area contributed by atoms with Crippen molar-refractivity contribution in [3.8, 4) is 0 Å². The zero-order valence-corrected chi connectivity index (χ0v) is 12.2. The highest BCUT2D eigenvalue weighted by Gasteiger charge is 2.17. The van der Waals surface area contributed by atoms with Crippen molar-refractivity contribution in [2.75, 3.05) is 11.8 Å². The summed E-state index contributed by atoms with van der Waals surface area (Å²) in [5.41, 5.74) is 0.375. The lowest BCUT2D eigenvalue weighted by Gasteiger charge is -2.09. The van der Waals surface area contributed by atoms with Crippen LogP contribution >= 0.6 is 0 Å². The van der Waals surface area contributed by atoms with Gasteiger partial charge in [-0.05, 0) is 36.4 Å². The zero-order chi connectivity index (χ0) is 16.3. The van der Waals surface area contributed by atoms with E-state index in [1.54, 1.807) is 0 Å². The number of methoxy groups -OCH3 is 1. The largest absolute Gasteiger partial charge is 0.465 e. The van der Waals surface area contributed by atoms with E-state index in [0.717, 1.165) is 0 Å². The van der Waals surface area contributed by atoms with Crippen molar-refractivity contribution in [1.29, 1.82) is 0 Å². The van der Waals surface area contributed by atoms with Crippen LogP contribution in [-0.4, -0.2) is 21.5 Å². The van der Waals surface area contributed by atoms with Gasteiger partial charge in [0.15, 0.2) is 0 Å². The number of benzene rings is 2. The van der Waals surface area contributed by atoms with Crippen LogP contribution in [0.4, 0.5) is 14.5 Å². The number of sulfonamides is 1. The summed E-state index contributed by atoms with van der Waals surface area (Å²) >= 11 is 0. The number of carbonyl (C=O) groups is 1. The Morgan fingerprint density at radius 2 is 1.59 bits per heavy atom. The molecule has 0 saturated heterocycles. The van der Waals surface area contributed by atoms with Gasteiger partial charge in [-0.15, -0.1) is 0 Å². The highest BCUT2D eigenvalue weighted by molar-refractivity contribution is 7.92. The van der Waals surface area contributed by atoms with E-state index in [9.17, 15) is 22.0 Å². The topological polar surface area (TPSA) is 72.5 Å². The van der Waals surface area contributed by atoms with Crippen molar-refractivity contribution in [1.82, 2.24) is 0 Å². The first-order valence-electron chi connectivity index (χ1n) is 5.99. The summed E-state index contributed by atoms with van der Waals surface area (Å²) in [7, 11) is -2.92. The number of rotatable bonds is 4. The average molecular weight is 327 g/mol. The van der Waals surface area contributed by atoms with Crippen LogP contribution in [0, 0.1) is 11.6 Å². The SMILES string of the molecule is COC(=O)c1ccc(NS(=O)(=O)c2cc(F)cc(F)c2)cc1. The van der Waals surface area contributed by atoms with Gasteiger partial charge in [0.05, 0.1) is 17.6 Å². The Labute approximate surface area is 125 Å². The zero-order valence-electron chi connectivity index (χ0n) is 11.3. The second kappa shape index (κ2) is 6.10. The summed E-state index contributed by atoms with van der Waals surface area (Å²) in [4.78, 5) is 10.7. The third-order valence-electron chi connectivity index (χ3n) is 2.70. The number of carbonyl (C=O) groups excluding carboxylic acids is 1. The molecule has 2 aromatic rings. The predicted octanol–water partition coefficient (Wildman–Crippen LogP) is 2.55. The predicted molar refractivity (Wildman–Crippen MR) is 74.9 cm³/mol. The second-order valence-electron chi connectivity index (χ2n) is 4.28. The summed E-state index contributed by atoms with van der Waals surface area (Å²) in [5, 5.41) is 0. The van der Waals surface area contributed by atoms with Gasteiger partial charge in [-0.3, -0.25) is 4.72 Å². The molecule has 116 valence electrons. The van der Waals surface area contributed by atoms with Gasteiger partial charge in [-0.1, -0.05) is 0 Å². The first-order chi connectivity index (χ1) is 10.3. The summed E-state index contributed by atoms with van der Waals surface area (Å²) in [6.07, 6.45) is 0. The Hall–Kier alpha value is -2.48. The number of nitrogens with one attached hydrogen (secondary N) is 1. The molecule has 8 heteroatoms. The molecule has 0 amide bonds. The minimum absolute atomic E-state index is 0.136. The fraction of sp³-hybridized carbons (Fsp3) is 0.0714. The normalized spacial score (nSPS) is 11.0. The van der Waals surface area contributed by atoms with Gasteiger partial charge in [0, 0.05) is 11.8 Å². The molecule has 0 atom stereocenters. The van der Waals surface area contributed by atoms with E-state index in [0.29, 0.717) is 18.2 Å². The van der Waals surface area contributed by atoms with Gasteiger partial charge in [0.25, 0.3) is 10.0 Å². The van der Waals surface area contributed by atoms with E-state index in [2.05, 4.69) is 9.46 Å². The molecule has 0 aliphatic carbocycles. The first-order valence-corrected chi connectivity index (χ1v) is 7.47. The van der Waals surface area contributed by atoms with Crippen LogP contribution in [0.5, 0.6) is 0 Å². The third kappa shape index (κ3) is 3.59. The summed E-state index contributed by atoms with van der Waals surface area (Å²) in [6.45, 7) is 0. The van der Waals surface area contributed by atoms with E-state index >= 15 is 0 Å². The van der Waals surface area contributed by atoms with Crippen molar-refractivity contribution in [3.05, 3.63) is 59.7 Å². The monoisotopic (exact) mass is 327 g/mol. The van der Waals surface area contributed by atoms with Crippen LogP contribution in [-0.2, 0) is 14.8 Å². The lowest BCUT2D eigenvalue weighted by atomic mass is 10.2. The lowest BCUT2D eigenvalue weighted by Crippen LogP contribution is -2.13. The molecular formula is C14H11F2NO4S. The minimum Gasteiger partial charge on any atom is -0.465 e. The average Bonchev–Trinajstić information content (AvgIpc) is 2.46. The maximum atomic E-state index is 13.1. The third-order valence-corrected chi connectivity index (χ3v) is 4.07. The summed E-state index contributed by atoms with van der Waals surface area (Å²) in [6, 6.07) is 7.36. The number of halogens is 2. The number of hydrogen-bond donors (Lipinski definition) is 1. The van der Waals surface area contributed by atoms with E-state index in [-0.39, 0.29) is 11.3 Å². The van der Waals surface area contributed by atoms with E-state index in [4.69, 9.17) is 0 Å². The Bertz CT molecular complexity index is 784. The minimum atomic E-state index is -4.14. The van der Waals surface area contributed by atoms with Crippen molar-refractivity contribution < 1.29 is 26.7 Å². The van der Waals surface area contributed by atoms with Crippen LogP contribution in [0.3, 0.4) is 0 Å². The number of anilines is 1. The van der Waals surface area contributed by atoms with Crippen molar-refractivity contribution in [3.63, 3.8) is 0 Å². The van der Waals surface area contributed by atoms with Crippen molar-refractivity contribution in [2.24, 2.45) is 0 Å². The number of ether oxygens (including phenoxy) is 1. The fourth-order valence-corrected chi connectivity index (χ4v) is 2.79. The van der Waals surface area contributed by atoms with Gasteiger partial charge in [-0.25, -0.2) is 22.0 Å². The number of hydrogen-bond acceptors (Lipinski definition) is 4. The Morgan fingerprint density at radius 3 is 2.09 bits per heavy atom. The molecule has 0 spiro atoms. The molecule has 0 aliphatic heterocycles.